The molecule has 1 saturated carbocycles. The van der Waals surface area contributed by atoms with Crippen molar-refractivity contribution in [1.29, 1.82) is 5.26 Å². The minimum absolute atomic E-state index is 0.131. The molecule has 5 aromatic rings. The molecule has 0 spiro atoms. The van der Waals surface area contributed by atoms with Crippen molar-refractivity contribution in [1.82, 2.24) is 14.5 Å². The Kier molecular flexibility index (Phi) is 4.64. The summed E-state index contributed by atoms with van der Waals surface area (Å²) in [6, 6.07) is 11.0. The molecule has 6 rings (SSSR count). The van der Waals surface area contributed by atoms with Crippen molar-refractivity contribution in [2.45, 2.75) is 25.3 Å². The van der Waals surface area contributed by atoms with Crippen molar-refractivity contribution in [3.8, 4) is 29.0 Å². The second kappa shape index (κ2) is 7.71. The van der Waals surface area contributed by atoms with Crippen LogP contribution in [0.3, 0.4) is 0 Å². The van der Waals surface area contributed by atoms with Crippen molar-refractivity contribution in [2.24, 2.45) is 0 Å². The molecule has 1 fully saturated rings. The number of rotatable bonds is 5. The van der Waals surface area contributed by atoms with Crippen LogP contribution in [0.4, 0.5) is 0 Å². The highest BCUT2D eigenvalue weighted by Gasteiger charge is 2.29. The molecule has 0 saturated heterocycles. The van der Waals surface area contributed by atoms with E-state index >= 15 is 0 Å². The third-order valence-corrected chi connectivity index (χ3v) is 7.28. The number of methoxy groups -OCH3 is 1. The average Bonchev–Trinajstić information content (AvgIpc) is 3.44. The van der Waals surface area contributed by atoms with Crippen molar-refractivity contribution in [2.75, 3.05) is 7.11 Å². The number of hydrogen-bond donors (Lipinski definition) is 1. The van der Waals surface area contributed by atoms with E-state index in [9.17, 15) is 15.2 Å². The molecular formula is C25H18N4O4S. The summed E-state index contributed by atoms with van der Waals surface area (Å²) in [5, 5.41) is 20.9. The number of nitriles is 1. The number of aromatic hydroxyl groups is 1. The lowest BCUT2D eigenvalue weighted by molar-refractivity contribution is 0.414. The Labute approximate surface area is 197 Å². The zero-order valence-corrected chi connectivity index (χ0v) is 18.9. The lowest BCUT2D eigenvalue weighted by Crippen LogP contribution is -2.24. The molecule has 3 heterocycles. The van der Waals surface area contributed by atoms with Gasteiger partial charge in [0.2, 0.25) is 0 Å². The van der Waals surface area contributed by atoms with Gasteiger partial charge in [-0.15, -0.1) is 11.3 Å². The van der Waals surface area contributed by atoms with Gasteiger partial charge in [-0.1, -0.05) is 6.07 Å². The standard InChI is InChI=1S/C25H18N4O4S/c1-32-15-5-7-17(19(8-15)13-2-3-13)23-28-24-20(25(31)29(23)11-16-10-27-12-33-16)18-6-4-14(9-26)21(30)22(18)34-24/h4-8,10,12-13,30H,2-3,11H2,1H3. The Morgan fingerprint density at radius 2 is 2.18 bits per heavy atom. The van der Waals surface area contributed by atoms with Crippen LogP contribution in [-0.4, -0.2) is 26.8 Å². The Morgan fingerprint density at radius 1 is 1.32 bits per heavy atom. The van der Waals surface area contributed by atoms with Crippen LogP contribution in [0.2, 0.25) is 0 Å². The van der Waals surface area contributed by atoms with Crippen molar-refractivity contribution in [3.05, 3.63) is 70.2 Å². The van der Waals surface area contributed by atoms with Gasteiger partial charge in [-0.2, -0.15) is 5.26 Å². The first-order valence-electron chi connectivity index (χ1n) is 10.7. The highest BCUT2D eigenvalue weighted by molar-refractivity contribution is 7.25. The first kappa shape index (κ1) is 20.4. The van der Waals surface area contributed by atoms with Crippen LogP contribution in [0.1, 0.15) is 35.6 Å². The summed E-state index contributed by atoms with van der Waals surface area (Å²) in [6.07, 6.45) is 5.05. The number of hydrogen-bond acceptors (Lipinski definition) is 8. The smallest absolute Gasteiger partial charge is 0.263 e. The van der Waals surface area contributed by atoms with Gasteiger partial charge in [0.25, 0.3) is 5.56 Å². The van der Waals surface area contributed by atoms with Gasteiger partial charge in [0.15, 0.2) is 12.1 Å². The van der Waals surface area contributed by atoms with E-state index < -0.39 is 0 Å². The number of phenolic OH excluding ortho intramolecular Hbond substituents is 1. The van der Waals surface area contributed by atoms with Crippen LogP contribution >= 0.6 is 11.3 Å². The highest BCUT2D eigenvalue weighted by Crippen LogP contribution is 2.46. The molecule has 34 heavy (non-hydrogen) atoms. The topological polar surface area (TPSA) is 114 Å². The number of nitrogens with zero attached hydrogens (tertiary/aromatic N) is 4. The molecule has 1 aliphatic rings. The molecule has 8 nitrogen and oxygen atoms in total. The first-order chi connectivity index (χ1) is 16.6. The van der Waals surface area contributed by atoms with Crippen LogP contribution in [0.5, 0.6) is 11.5 Å². The van der Waals surface area contributed by atoms with Gasteiger partial charge in [-0.05, 0) is 48.6 Å². The van der Waals surface area contributed by atoms with E-state index in [0.717, 1.165) is 29.7 Å². The fraction of sp³-hybridized carbons (Fsp3) is 0.200. The van der Waals surface area contributed by atoms with E-state index in [1.54, 1.807) is 23.9 Å². The van der Waals surface area contributed by atoms with Gasteiger partial charge in [-0.25, -0.2) is 9.97 Å². The number of aromatic nitrogens is 3. The second-order valence-electron chi connectivity index (χ2n) is 8.25. The number of benzene rings is 2. The Bertz CT molecular complexity index is 1670. The number of ether oxygens (including phenoxy) is 1. The number of oxazole rings is 1. The van der Waals surface area contributed by atoms with E-state index in [1.165, 1.54) is 23.8 Å². The van der Waals surface area contributed by atoms with E-state index in [1.807, 2.05) is 24.3 Å². The molecule has 2 aromatic carbocycles. The van der Waals surface area contributed by atoms with E-state index in [-0.39, 0.29) is 23.4 Å². The molecule has 0 atom stereocenters. The first-order valence-corrected chi connectivity index (χ1v) is 11.6. The fourth-order valence-electron chi connectivity index (χ4n) is 4.33. The number of thiophene rings is 1. The molecule has 0 unspecified atom stereocenters. The highest BCUT2D eigenvalue weighted by atomic mass is 32.1. The van der Waals surface area contributed by atoms with Crippen LogP contribution in [0.15, 0.2) is 52.1 Å². The molecule has 9 heteroatoms. The summed E-state index contributed by atoms with van der Waals surface area (Å²) in [6.45, 7) is 0.160. The zero-order chi connectivity index (χ0) is 23.4. The quantitative estimate of drug-likeness (QED) is 0.393. The lowest BCUT2D eigenvalue weighted by atomic mass is 10.0. The number of fused-ring (bicyclic) bond motifs is 3. The van der Waals surface area contributed by atoms with Crippen molar-refractivity contribution >= 4 is 31.6 Å². The number of phenols is 1. The second-order valence-corrected chi connectivity index (χ2v) is 9.25. The molecule has 3 aromatic heterocycles. The fourth-order valence-corrected chi connectivity index (χ4v) is 5.44. The third-order valence-electron chi connectivity index (χ3n) is 6.17. The van der Waals surface area contributed by atoms with Gasteiger partial charge in [0, 0.05) is 10.9 Å². The molecule has 1 N–H and O–H groups in total. The van der Waals surface area contributed by atoms with Crippen LogP contribution < -0.4 is 10.3 Å². The average molecular weight is 471 g/mol. The van der Waals surface area contributed by atoms with E-state index in [2.05, 4.69) is 4.98 Å². The van der Waals surface area contributed by atoms with Crippen LogP contribution in [-0.2, 0) is 6.54 Å². The van der Waals surface area contributed by atoms with Gasteiger partial charge in [0.1, 0.15) is 28.2 Å². The van der Waals surface area contributed by atoms with Gasteiger partial charge in [0.05, 0.1) is 35.5 Å². The predicted octanol–water partition coefficient (Wildman–Crippen LogP) is 4.78. The monoisotopic (exact) mass is 470 g/mol. The van der Waals surface area contributed by atoms with E-state index in [0.29, 0.717) is 37.8 Å². The van der Waals surface area contributed by atoms with Crippen molar-refractivity contribution < 1.29 is 14.3 Å². The maximum Gasteiger partial charge on any atom is 0.263 e. The Hall–Kier alpha value is -4.16. The zero-order valence-electron chi connectivity index (χ0n) is 18.1. The molecular weight excluding hydrogens is 452 g/mol. The SMILES string of the molecule is COc1ccc(-c2nc3sc4c(O)c(C#N)ccc4c3c(=O)n2Cc2cnco2)c(C2CC2)c1. The summed E-state index contributed by atoms with van der Waals surface area (Å²) in [5.74, 6) is 2.06. The molecule has 168 valence electrons. The maximum absolute atomic E-state index is 13.9. The largest absolute Gasteiger partial charge is 0.505 e. The van der Waals surface area contributed by atoms with Crippen LogP contribution in [0, 0.1) is 11.3 Å². The molecule has 0 amide bonds. The van der Waals surface area contributed by atoms with Gasteiger partial charge < -0.3 is 14.3 Å². The molecule has 0 radical (unpaired) electrons. The van der Waals surface area contributed by atoms with Gasteiger partial charge in [-0.3, -0.25) is 9.36 Å². The summed E-state index contributed by atoms with van der Waals surface area (Å²) in [4.78, 5) is 23.3. The lowest BCUT2D eigenvalue weighted by Gasteiger charge is -2.15. The van der Waals surface area contributed by atoms with E-state index in [4.69, 9.17) is 14.1 Å². The summed E-state index contributed by atoms with van der Waals surface area (Å²) >= 11 is 1.21. The minimum atomic E-state index is -0.246. The Balaban J connectivity index is 1.68. The molecule has 0 bridgehead atoms. The summed E-state index contributed by atoms with van der Waals surface area (Å²) in [7, 11) is 1.63. The Morgan fingerprint density at radius 3 is 2.88 bits per heavy atom. The molecule has 0 aliphatic heterocycles. The minimum Gasteiger partial charge on any atom is -0.505 e. The normalized spacial score (nSPS) is 13.4. The van der Waals surface area contributed by atoms with Crippen LogP contribution in [0.25, 0.3) is 31.7 Å². The van der Waals surface area contributed by atoms with Crippen molar-refractivity contribution in [3.63, 3.8) is 0 Å². The maximum atomic E-state index is 13.9. The summed E-state index contributed by atoms with van der Waals surface area (Å²) < 4.78 is 13.0. The predicted molar refractivity (Wildman–Crippen MR) is 127 cm³/mol. The third kappa shape index (κ3) is 3.15. The molecule has 1 aliphatic carbocycles. The van der Waals surface area contributed by atoms with Gasteiger partial charge >= 0.3 is 0 Å². The summed E-state index contributed by atoms with van der Waals surface area (Å²) in [5.41, 5.74) is 1.87.